The van der Waals surface area contributed by atoms with Crippen LogP contribution < -0.4 is 0 Å². The van der Waals surface area contributed by atoms with E-state index >= 15 is 0 Å². The van der Waals surface area contributed by atoms with Crippen molar-refractivity contribution in [1.82, 2.24) is 9.55 Å². The Balaban J connectivity index is 2.29. The molecule has 1 heterocycles. The second-order valence-electron chi connectivity index (χ2n) is 4.04. The number of aromatic nitrogens is 2. The molecule has 2 rings (SSSR count). The van der Waals surface area contributed by atoms with Crippen molar-refractivity contribution in [3.05, 3.63) is 17.7 Å². The molecule has 0 aromatic carbocycles. The highest BCUT2D eigenvalue weighted by Gasteiger charge is 2.21. The number of nitriles is 1. The van der Waals surface area contributed by atoms with Gasteiger partial charge >= 0.3 is 0 Å². The third kappa shape index (κ3) is 1.52. The summed E-state index contributed by atoms with van der Waals surface area (Å²) >= 11 is 0. The molecule has 0 unspecified atom stereocenters. The Morgan fingerprint density at radius 1 is 1.43 bits per heavy atom. The first-order chi connectivity index (χ1) is 6.83. The molecule has 1 aromatic heterocycles. The van der Waals surface area contributed by atoms with Crippen molar-refractivity contribution in [3.8, 4) is 6.07 Å². The lowest BCUT2D eigenvalue weighted by molar-refractivity contribution is 0.428. The summed E-state index contributed by atoms with van der Waals surface area (Å²) in [6.45, 7) is 0. The van der Waals surface area contributed by atoms with Crippen LogP contribution >= 0.6 is 0 Å². The number of hydrogen-bond donors (Lipinski definition) is 0. The fourth-order valence-electron chi connectivity index (χ4n) is 2.38. The maximum absolute atomic E-state index is 8.94. The first-order valence-electron chi connectivity index (χ1n) is 5.24. The molecular formula is C11H15N3. The Labute approximate surface area is 84.4 Å². The van der Waals surface area contributed by atoms with Crippen LogP contribution in [0.25, 0.3) is 0 Å². The topological polar surface area (TPSA) is 41.6 Å². The Hall–Kier alpha value is -1.30. The SMILES string of the molecule is Cn1cnc(C#N)c1C1CCCCC1. The summed E-state index contributed by atoms with van der Waals surface area (Å²) in [7, 11) is 1.98. The normalized spacial score (nSPS) is 18.0. The van der Waals surface area contributed by atoms with E-state index in [1.807, 2.05) is 11.6 Å². The molecule has 1 saturated carbocycles. The molecule has 0 N–H and O–H groups in total. The maximum atomic E-state index is 8.94. The zero-order chi connectivity index (χ0) is 9.97. The van der Waals surface area contributed by atoms with Gasteiger partial charge < -0.3 is 4.57 Å². The smallest absolute Gasteiger partial charge is 0.161 e. The lowest BCUT2D eigenvalue weighted by atomic mass is 9.86. The molecule has 0 spiro atoms. The average Bonchev–Trinajstić information content (AvgIpc) is 2.61. The third-order valence-corrected chi connectivity index (χ3v) is 3.08. The fourth-order valence-corrected chi connectivity index (χ4v) is 2.38. The van der Waals surface area contributed by atoms with Crippen LogP contribution in [0.2, 0.25) is 0 Å². The zero-order valence-electron chi connectivity index (χ0n) is 8.53. The molecule has 0 bridgehead atoms. The highest BCUT2D eigenvalue weighted by Crippen LogP contribution is 2.33. The molecule has 0 saturated heterocycles. The number of imidazole rings is 1. The van der Waals surface area contributed by atoms with E-state index in [2.05, 4.69) is 11.1 Å². The van der Waals surface area contributed by atoms with Crippen LogP contribution in [0.1, 0.15) is 49.4 Å². The van der Waals surface area contributed by atoms with Crippen LogP contribution in [0.4, 0.5) is 0 Å². The first kappa shape index (κ1) is 9.26. The lowest BCUT2D eigenvalue weighted by Gasteiger charge is -2.22. The van der Waals surface area contributed by atoms with Gasteiger partial charge in [-0.05, 0) is 12.8 Å². The van der Waals surface area contributed by atoms with Crippen LogP contribution in [0, 0.1) is 11.3 Å². The van der Waals surface area contributed by atoms with Gasteiger partial charge in [-0.25, -0.2) is 4.98 Å². The van der Waals surface area contributed by atoms with Gasteiger partial charge in [0.05, 0.1) is 12.0 Å². The predicted octanol–water partition coefficient (Wildman–Crippen LogP) is 2.34. The number of nitrogens with zero attached hydrogens (tertiary/aromatic N) is 3. The van der Waals surface area contributed by atoms with Gasteiger partial charge in [-0.15, -0.1) is 0 Å². The molecule has 0 atom stereocenters. The van der Waals surface area contributed by atoms with Crippen LogP contribution in [-0.4, -0.2) is 9.55 Å². The Morgan fingerprint density at radius 3 is 2.79 bits per heavy atom. The van der Waals surface area contributed by atoms with Crippen molar-refractivity contribution >= 4 is 0 Å². The standard InChI is InChI=1S/C11H15N3/c1-14-8-13-10(7-12)11(14)9-5-3-2-4-6-9/h8-9H,2-6H2,1H3. The lowest BCUT2D eigenvalue weighted by Crippen LogP contribution is -2.10. The number of hydrogen-bond acceptors (Lipinski definition) is 2. The molecule has 0 amide bonds. The molecule has 0 radical (unpaired) electrons. The zero-order valence-corrected chi connectivity index (χ0v) is 8.53. The third-order valence-electron chi connectivity index (χ3n) is 3.08. The molecule has 14 heavy (non-hydrogen) atoms. The highest BCUT2D eigenvalue weighted by molar-refractivity contribution is 5.29. The minimum Gasteiger partial charge on any atom is -0.336 e. The van der Waals surface area contributed by atoms with E-state index in [-0.39, 0.29) is 0 Å². The van der Waals surface area contributed by atoms with Gasteiger partial charge in [0.2, 0.25) is 0 Å². The highest BCUT2D eigenvalue weighted by atomic mass is 15.0. The van der Waals surface area contributed by atoms with Gasteiger partial charge in [0.25, 0.3) is 0 Å². The minimum atomic E-state index is 0.561. The monoisotopic (exact) mass is 189 g/mol. The van der Waals surface area contributed by atoms with Gasteiger partial charge in [-0.3, -0.25) is 0 Å². The Morgan fingerprint density at radius 2 is 2.14 bits per heavy atom. The number of aryl methyl sites for hydroxylation is 1. The summed E-state index contributed by atoms with van der Waals surface area (Å²) in [5.74, 6) is 0.561. The van der Waals surface area contributed by atoms with E-state index in [1.165, 1.54) is 32.1 Å². The summed E-state index contributed by atoms with van der Waals surface area (Å²) in [4.78, 5) is 4.11. The minimum absolute atomic E-state index is 0.561. The predicted molar refractivity (Wildman–Crippen MR) is 53.7 cm³/mol. The molecular weight excluding hydrogens is 174 g/mol. The van der Waals surface area contributed by atoms with Crippen molar-refractivity contribution in [2.75, 3.05) is 0 Å². The fraction of sp³-hybridized carbons (Fsp3) is 0.636. The van der Waals surface area contributed by atoms with E-state index in [0.717, 1.165) is 5.69 Å². The van der Waals surface area contributed by atoms with E-state index in [1.54, 1.807) is 6.33 Å². The van der Waals surface area contributed by atoms with E-state index < -0.39 is 0 Å². The van der Waals surface area contributed by atoms with E-state index in [0.29, 0.717) is 11.6 Å². The molecule has 3 nitrogen and oxygen atoms in total. The van der Waals surface area contributed by atoms with Crippen molar-refractivity contribution in [2.24, 2.45) is 7.05 Å². The quantitative estimate of drug-likeness (QED) is 0.680. The maximum Gasteiger partial charge on any atom is 0.161 e. The van der Waals surface area contributed by atoms with Gasteiger partial charge in [0.15, 0.2) is 5.69 Å². The molecule has 3 heteroatoms. The molecule has 0 aliphatic heterocycles. The van der Waals surface area contributed by atoms with Gasteiger partial charge in [-0.1, -0.05) is 19.3 Å². The van der Waals surface area contributed by atoms with Crippen LogP contribution in [0.5, 0.6) is 0 Å². The van der Waals surface area contributed by atoms with E-state index in [4.69, 9.17) is 5.26 Å². The molecule has 74 valence electrons. The molecule has 1 fully saturated rings. The first-order valence-corrected chi connectivity index (χ1v) is 5.24. The molecule has 1 aliphatic carbocycles. The van der Waals surface area contributed by atoms with Crippen molar-refractivity contribution in [3.63, 3.8) is 0 Å². The molecule has 1 aromatic rings. The van der Waals surface area contributed by atoms with Gasteiger partial charge in [-0.2, -0.15) is 5.26 Å². The summed E-state index contributed by atoms with van der Waals surface area (Å²) in [5, 5.41) is 8.94. The van der Waals surface area contributed by atoms with Crippen molar-refractivity contribution < 1.29 is 0 Å². The van der Waals surface area contributed by atoms with Crippen LogP contribution in [0.15, 0.2) is 6.33 Å². The average molecular weight is 189 g/mol. The van der Waals surface area contributed by atoms with Gasteiger partial charge in [0, 0.05) is 13.0 Å². The Bertz CT molecular complexity index is 353. The van der Waals surface area contributed by atoms with Gasteiger partial charge in [0.1, 0.15) is 6.07 Å². The second kappa shape index (κ2) is 3.83. The number of rotatable bonds is 1. The largest absolute Gasteiger partial charge is 0.336 e. The van der Waals surface area contributed by atoms with E-state index in [9.17, 15) is 0 Å². The summed E-state index contributed by atoms with van der Waals surface area (Å²) in [5.41, 5.74) is 1.77. The van der Waals surface area contributed by atoms with Crippen LogP contribution in [-0.2, 0) is 7.05 Å². The van der Waals surface area contributed by atoms with Crippen molar-refractivity contribution in [1.29, 1.82) is 5.26 Å². The van der Waals surface area contributed by atoms with Crippen molar-refractivity contribution in [2.45, 2.75) is 38.0 Å². The Kier molecular flexibility index (Phi) is 2.53. The van der Waals surface area contributed by atoms with Crippen LogP contribution in [0.3, 0.4) is 0 Å². The second-order valence-corrected chi connectivity index (χ2v) is 4.04. The summed E-state index contributed by atoms with van der Waals surface area (Å²) < 4.78 is 2.01. The summed E-state index contributed by atoms with van der Waals surface area (Å²) in [6.07, 6.45) is 8.11. The molecule has 1 aliphatic rings. The summed E-state index contributed by atoms with van der Waals surface area (Å²) in [6, 6.07) is 2.18.